The lowest BCUT2D eigenvalue weighted by atomic mass is 10.5. The van der Waals surface area contributed by atoms with Crippen molar-refractivity contribution in [2.24, 2.45) is 5.11 Å². The molecule has 0 aromatic carbocycles. The topological polar surface area (TPSA) is 39.5 Å². The minimum Gasteiger partial charge on any atom is -0.303 e. The Morgan fingerprint density at radius 1 is 1.56 bits per heavy atom. The van der Waals surface area contributed by atoms with Crippen molar-refractivity contribution in [3.8, 4) is 0 Å². The molecule has 3 nitrogen and oxygen atoms in total. The maximum atomic E-state index is 6.49. The van der Waals surface area contributed by atoms with E-state index in [1.165, 1.54) is 0 Å². The lowest BCUT2D eigenvalue weighted by Crippen LogP contribution is -2.23. The molecule has 0 aliphatic rings. The van der Waals surface area contributed by atoms with Gasteiger partial charge in [-0.15, -0.1) is 11.6 Å². The third-order valence-electron chi connectivity index (χ3n) is 1.06. The van der Waals surface area contributed by atoms with Gasteiger partial charge in [-0.3, -0.25) is 0 Å². The van der Waals surface area contributed by atoms with Crippen LogP contribution in [0.25, 0.3) is 0 Å². The van der Waals surface area contributed by atoms with Gasteiger partial charge in [-0.1, -0.05) is 0 Å². The van der Waals surface area contributed by atoms with Crippen LogP contribution in [0, 0.1) is 5.53 Å². The molecule has 4 heteroatoms. The molecule has 0 heterocycles. The van der Waals surface area contributed by atoms with Crippen LogP contribution in [-0.4, -0.2) is 37.5 Å². The second kappa shape index (κ2) is 5.98. The summed E-state index contributed by atoms with van der Waals surface area (Å²) in [5.74, 6) is 0.647. The summed E-state index contributed by atoms with van der Waals surface area (Å²) in [6.45, 7) is 2.28. The predicted molar refractivity (Wildman–Crippen MR) is 38.2 cm³/mol. The number of halogens is 1. The molecule has 54 valence electrons. The lowest BCUT2D eigenvalue weighted by Gasteiger charge is -2.11. The van der Waals surface area contributed by atoms with E-state index in [-0.39, 0.29) is 0 Å². The summed E-state index contributed by atoms with van der Waals surface area (Å²) >= 11 is 5.46. The first-order valence-electron chi connectivity index (χ1n) is 2.89. The zero-order chi connectivity index (χ0) is 7.11. The van der Waals surface area contributed by atoms with Gasteiger partial charge in [0.25, 0.3) is 0 Å². The van der Waals surface area contributed by atoms with Crippen molar-refractivity contribution < 1.29 is 0 Å². The Hall–Kier alpha value is -0.150. The summed E-state index contributed by atoms with van der Waals surface area (Å²) in [7, 11) is 1.97. The summed E-state index contributed by atoms with van der Waals surface area (Å²) in [5.41, 5.74) is 6.49. The summed E-state index contributed by atoms with van der Waals surface area (Å²) in [4.78, 5) is 2.05. The number of alkyl halides is 1. The second-order valence-corrected chi connectivity index (χ2v) is 2.25. The molecule has 0 fully saturated rings. The van der Waals surface area contributed by atoms with Gasteiger partial charge in [-0.25, -0.2) is 5.53 Å². The summed E-state index contributed by atoms with van der Waals surface area (Å²) in [6.07, 6.45) is 0. The maximum Gasteiger partial charge on any atom is 0.0723 e. The molecule has 0 amide bonds. The van der Waals surface area contributed by atoms with E-state index in [4.69, 9.17) is 17.1 Å². The number of hydrogen-bond acceptors (Lipinski definition) is 3. The molecule has 0 aromatic rings. The van der Waals surface area contributed by atoms with Crippen molar-refractivity contribution >= 4 is 11.6 Å². The summed E-state index contributed by atoms with van der Waals surface area (Å²) in [5, 5.41) is 3.22. The molecular weight excluding hydrogens is 138 g/mol. The van der Waals surface area contributed by atoms with Crippen molar-refractivity contribution in [1.29, 1.82) is 5.53 Å². The van der Waals surface area contributed by atoms with E-state index < -0.39 is 0 Å². The Balaban J connectivity index is 3.04. The molecule has 0 unspecified atom stereocenters. The molecule has 0 saturated heterocycles. The number of likely N-dealkylation sites (N-methyl/N-ethyl adjacent to an activating group) is 1. The van der Waals surface area contributed by atoms with Gasteiger partial charge in [0.2, 0.25) is 0 Å². The van der Waals surface area contributed by atoms with Gasteiger partial charge in [0.05, 0.1) is 6.54 Å². The van der Waals surface area contributed by atoms with E-state index >= 15 is 0 Å². The van der Waals surface area contributed by atoms with Crippen LogP contribution < -0.4 is 0 Å². The molecule has 0 aliphatic heterocycles. The van der Waals surface area contributed by atoms with Crippen LogP contribution in [0.15, 0.2) is 5.11 Å². The predicted octanol–water partition coefficient (Wildman–Crippen LogP) is 1.19. The van der Waals surface area contributed by atoms with Crippen LogP contribution in [-0.2, 0) is 0 Å². The Bertz CT molecular complexity index is 76.6. The molecule has 0 bridgehead atoms. The minimum absolute atomic E-state index is 0.577. The lowest BCUT2D eigenvalue weighted by molar-refractivity contribution is 0.362. The number of hydrogen-bond donors (Lipinski definition) is 1. The van der Waals surface area contributed by atoms with Gasteiger partial charge >= 0.3 is 0 Å². The summed E-state index contributed by atoms with van der Waals surface area (Å²) < 4.78 is 0. The van der Waals surface area contributed by atoms with E-state index in [0.29, 0.717) is 12.4 Å². The van der Waals surface area contributed by atoms with Crippen LogP contribution in [0.2, 0.25) is 0 Å². The Labute approximate surface area is 60.5 Å². The molecule has 0 atom stereocenters. The first kappa shape index (κ1) is 8.85. The largest absolute Gasteiger partial charge is 0.303 e. The molecule has 0 aliphatic carbocycles. The zero-order valence-electron chi connectivity index (χ0n) is 5.60. The van der Waals surface area contributed by atoms with E-state index in [0.717, 1.165) is 13.1 Å². The smallest absolute Gasteiger partial charge is 0.0723 e. The van der Waals surface area contributed by atoms with E-state index in [1.807, 2.05) is 11.9 Å². The van der Waals surface area contributed by atoms with Crippen molar-refractivity contribution in [3.63, 3.8) is 0 Å². The molecule has 0 saturated carbocycles. The Morgan fingerprint density at radius 3 is 2.67 bits per heavy atom. The SMILES string of the molecule is CN(CCCl)CCN=N. The fraction of sp³-hybridized carbons (Fsp3) is 1.00. The van der Waals surface area contributed by atoms with E-state index in [9.17, 15) is 0 Å². The molecule has 0 aromatic heterocycles. The van der Waals surface area contributed by atoms with Gasteiger partial charge in [0.15, 0.2) is 0 Å². The first-order valence-corrected chi connectivity index (χ1v) is 3.42. The number of nitrogens with one attached hydrogen (secondary N) is 1. The highest BCUT2D eigenvalue weighted by Gasteiger charge is 1.93. The van der Waals surface area contributed by atoms with Crippen LogP contribution in [0.4, 0.5) is 0 Å². The fourth-order valence-electron chi connectivity index (χ4n) is 0.477. The quantitative estimate of drug-likeness (QED) is 0.463. The van der Waals surface area contributed by atoms with Gasteiger partial charge in [0, 0.05) is 19.0 Å². The Morgan fingerprint density at radius 2 is 2.22 bits per heavy atom. The third-order valence-corrected chi connectivity index (χ3v) is 1.23. The van der Waals surface area contributed by atoms with Crippen LogP contribution in [0.5, 0.6) is 0 Å². The van der Waals surface area contributed by atoms with Crippen LogP contribution in [0.3, 0.4) is 0 Å². The average Bonchev–Trinajstić information content (AvgIpc) is 1.85. The molecule has 9 heavy (non-hydrogen) atoms. The van der Waals surface area contributed by atoms with Gasteiger partial charge in [0.1, 0.15) is 0 Å². The van der Waals surface area contributed by atoms with Crippen molar-refractivity contribution in [2.75, 3.05) is 32.6 Å². The summed E-state index contributed by atoms with van der Waals surface area (Å²) in [6, 6.07) is 0. The highest BCUT2D eigenvalue weighted by atomic mass is 35.5. The third kappa shape index (κ3) is 5.73. The number of rotatable bonds is 5. The minimum atomic E-state index is 0.577. The fourth-order valence-corrected chi connectivity index (χ4v) is 0.765. The molecule has 1 N–H and O–H groups in total. The van der Waals surface area contributed by atoms with Gasteiger partial charge < -0.3 is 4.90 Å². The van der Waals surface area contributed by atoms with Crippen LogP contribution >= 0.6 is 11.6 Å². The average molecular weight is 150 g/mol. The standard InChI is InChI=1S/C5H12ClN3/c1-9(4-2-6)5-3-8-7/h7H,2-5H2,1H3. The molecule has 0 spiro atoms. The maximum absolute atomic E-state index is 6.49. The molecular formula is C5H12ClN3. The highest BCUT2D eigenvalue weighted by Crippen LogP contribution is 1.83. The Kier molecular flexibility index (Phi) is 5.88. The number of nitrogens with zero attached hydrogens (tertiary/aromatic N) is 2. The van der Waals surface area contributed by atoms with Crippen LogP contribution in [0.1, 0.15) is 0 Å². The van der Waals surface area contributed by atoms with Crippen molar-refractivity contribution in [2.45, 2.75) is 0 Å². The van der Waals surface area contributed by atoms with E-state index in [1.54, 1.807) is 0 Å². The van der Waals surface area contributed by atoms with Gasteiger partial charge in [-0.2, -0.15) is 5.11 Å². The molecule has 0 rings (SSSR count). The molecule has 0 radical (unpaired) electrons. The van der Waals surface area contributed by atoms with Gasteiger partial charge in [-0.05, 0) is 7.05 Å². The van der Waals surface area contributed by atoms with E-state index in [2.05, 4.69) is 5.11 Å². The van der Waals surface area contributed by atoms with Crippen molar-refractivity contribution in [3.05, 3.63) is 0 Å². The monoisotopic (exact) mass is 149 g/mol. The normalized spacial score (nSPS) is 10.1. The van der Waals surface area contributed by atoms with Crippen molar-refractivity contribution in [1.82, 2.24) is 4.90 Å². The highest BCUT2D eigenvalue weighted by molar-refractivity contribution is 6.18. The second-order valence-electron chi connectivity index (χ2n) is 1.87. The zero-order valence-corrected chi connectivity index (χ0v) is 6.36. The first-order chi connectivity index (χ1) is 4.31.